The minimum absolute atomic E-state index is 0.126. The lowest BCUT2D eigenvalue weighted by Gasteiger charge is -2.24. The van der Waals surface area contributed by atoms with Gasteiger partial charge in [0, 0.05) is 25.4 Å². The molecule has 1 aromatic carbocycles. The molecule has 3 fully saturated rings. The van der Waals surface area contributed by atoms with Gasteiger partial charge in [0.25, 0.3) is 0 Å². The number of carbonyl (C=O) groups is 2. The first kappa shape index (κ1) is 15.7. The Morgan fingerprint density at radius 2 is 1.75 bits per heavy atom. The third kappa shape index (κ3) is 2.83. The summed E-state index contributed by atoms with van der Waals surface area (Å²) < 4.78 is 0. The average Bonchev–Trinajstić information content (AvgIpc) is 3.00. The second kappa shape index (κ2) is 6.23. The van der Waals surface area contributed by atoms with Crippen molar-refractivity contribution in [2.75, 3.05) is 6.54 Å². The first-order chi connectivity index (χ1) is 11.6. The summed E-state index contributed by atoms with van der Waals surface area (Å²) in [5.41, 5.74) is 1.12. The van der Waals surface area contributed by atoms with Crippen molar-refractivity contribution < 1.29 is 14.7 Å². The fourth-order valence-electron chi connectivity index (χ4n) is 5.36. The van der Waals surface area contributed by atoms with Crippen LogP contribution in [0.25, 0.3) is 0 Å². The van der Waals surface area contributed by atoms with Crippen molar-refractivity contribution >= 4 is 11.9 Å². The largest absolute Gasteiger partial charge is 0.481 e. The predicted octanol–water partition coefficient (Wildman–Crippen LogP) is 3.17. The highest BCUT2D eigenvalue weighted by Gasteiger charge is 2.67. The van der Waals surface area contributed by atoms with Gasteiger partial charge < -0.3 is 10.0 Å². The molecule has 2 bridgehead atoms. The number of amides is 1. The smallest absolute Gasteiger partial charge is 0.303 e. The lowest BCUT2D eigenvalue weighted by molar-refractivity contribution is -0.139. The van der Waals surface area contributed by atoms with E-state index in [0.717, 1.165) is 17.4 Å². The third-order valence-electron chi connectivity index (χ3n) is 6.37. The number of aliphatic carboxylic acids is 1. The second-order valence-corrected chi connectivity index (χ2v) is 7.76. The highest BCUT2D eigenvalue weighted by Crippen LogP contribution is 2.69. The third-order valence-corrected chi connectivity index (χ3v) is 6.37. The highest BCUT2D eigenvalue weighted by molar-refractivity contribution is 5.83. The van der Waals surface area contributed by atoms with Crippen molar-refractivity contribution in [3.8, 4) is 0 Å². The topological polar surface area (TPSA) is 57.6 Å². The number of fused-ring (bicyclic) bond motifs is 5. The van der Waals surface area contributed by atoms with Crippen LogP contribution in [0.2, 0.25) is 0 Å². The molecule has 0 heterocycles. The standard InChI is InChI=1S/C20H25NO3/c22-16(23)7-4-10-21(12-13-5-2-1-3-6-13)20(24)19-17-14-8-9-15(11-14)18(17)19/h1-3,5-6,14-15,17-19H,4,7-12H2,(H,22,23). The Morgan fingerprint density at radius 1 is 1.08 bits per heavy atom. The Morgan fingerprint density at radius 3 is 2.38 bits per heavy atom. The van der Waals surface area contributed by atoms with E-state index < -0.39 is 5.97 Å². The van der Waals surface area contributed by atoms with Gasteiger partial charge in [0.2, 0.25) is 5.91 Å². The monoisotopic (exact) mass is 327 g/mol. The fraction of sp³-hybridized carbons (Fsp3) is 0.600. The van der Waals surface area contributed by atoms with Crippen molar-refractivity contribution in [3.63, 3.8) is 0 Å². The highest BCUT2D eigenvalue weighted by atomic mass is 16.4. The summed E-state index contributed by atoms with van der Waals surface area (Å²) in [6.07, 6.45) is 4.63. The molecule has 3 saturated carbocycles. The number of carboxylic acids is 1. The molecule has 0 radical (unpaired) electrons. The van der Waals surface area contributed by atoms with E-state index in [1.54, 1.807) is 0 Å². The summed E-state index contributed by atoms with van der Waals surface area (Å²) in [7, 11) is 0. The Bertz CT molecular complexity index is 613. The molecular formula is C20H25NO3. The molecule has 0 saturated heterocycles. The number of hydrogen-bond donors (Lipinski definition) is 1. The second-order valence-electron chi connectivity index (χ2n) is 7.76. The minimum atomic E-state index is -0.788. The number of carbonyl (C=O) groups excluding carboxylic acids is 1. The maximum atomic E-state index is 13.1. The first-order valence-electron chi connectivity index (χ1n) is 9.19. The fourth-order valence-corrected chi connectivity index (χ4v) is 5.36. The van der Waals surface area contributed by atoms with Crippen LogP contribution in [0.5, 0.6) is 0 Å². The van der Waals surface area contributed by atoms with E-state index in [4.69, 9.17) is 5.11 Å². The SMILES string of the molecule is O=C(O)CCCN(Cc1ccccc1)C(=O)C1C2C3CCC(C3)C12. The summed E-state index contributed by atoms with van der Waals surface area (Å²) in [5, 5.41) is 8.88. The molecule has 128 valence electrons. The van der Waals surface area contributed by atoms with E-state index in [1.165, 1.54) is 19.3 Å². The van der Waals surface area contributed by atoms with Gasteiger partial charge in [-0.2, -0.15) is 0 Å². The average molecular weight is 327 g/mol. The van der Waals surface area contributed by atoms with Crippen molar-refractivity contribution in [2.45, 2.75) is 38.6 Å². The normalized spacial score (nSPS) is 32.4. The Balaban J connectivity index is 1.43. The molecular weight excluding hydrogens is 302 g/mol. The number of hydrogen-bond acceptors (Lipinski definition) is 2. The van der Waals surface area contributed by atoms with Gasteiger partial charge in [-0.1, -0.05) is 30.3 Å². The van der Waals surface area contributed by atoms with Crippen LogP contribution in [0.3, 0.4) is 0 Å². The van der Waals surface area contributed by atoms with E-state index in [-0.39, 0.29) is 18.2 Å². The number of rotatable bonds is 7. The van der Waals surface area contributed by atoms with Crippen molar-refractivity contribution in [1.29, 1.82) is 0 Å². The maximum Gasteiger partial charge on any atom is 0.303 e. The summed E-state index contributed by atoms with van der Waals surface area (Å²) in [6, 6.07) is 10.0. The van der Waals surface area contributed by atoms with Crippen LogP contribution in [-0.2, 0) is 16.1 Å². The molecule has 4 unspecified atom stereocenters. The summed E-state index contributed by atoms with van der Waals surface area (Å²) in [4.78, 5) is 25.8. The van der Waals surface area contributed by atoms with Crippen LogP contribution >= 0.6 is 0 Å². The Kier molecular flexibility index (Phi) is 4.07. The molecule has 0 aliphatic heterocycles. The summed E-state index contributed by atoms with van der Waals surface area (Å²) in [6.45, 7) is 1.15. The number of benzene rings is 1. The lowest BCUT2D eigenvalue weighted by Crippen LogP contribution is -2.34. The molecule has 3 aliphatic rings. The predicted molar refractivity (Wildman–Crippen MR) is 90.0 cm³/mol. The van der Waals surface area contributed by atoms with Crippen molar-refractivity contribution in [2.24, 2.45) is 29.6 Å². The molecule has 4 atom stereocenters. The lowest BCUT2D eigenvalue weighted by atomic mass is 10.0. The van der Waals surface area contributed by atoms with Gasteiger partial charge in [0.05, 0.1) is 0 Å². The van der Waals surface area contributed by atoms with Gasteiger partial charge in [-0.05, 0) is 54.9 Å². The van der Waals surface area contributed by atoms with Crippen LogP contribution in [0, 0.1) is 29.6 Å². The molecule has 4 nitrogen and oxygen atoms in total. The van der Waals surface area contributed by atoms with E-state index in [9.17, 15) is 9.59 Å². The zero-order chi connectivity index (χ0) is 16.7. The molecule has 0 aromatic heterocycles. The Hall–Kier alpha value is -1.84. The molecule has 1 amide bonds. The van der Waals surface area contributed by atoms with Crippen LogP contribution < -0.4 is 0 Å². The van der Waals surface area contributed by atoms with E-state index >= 15 is 0 Å². The molecule has 1 aromatic rings. The van der Waals surface area contributed by atoms with Gasteiger partial charge >= 0.3 is 5.97 Å². The summed E-state index contributed by atoms with van der Waals surface area (Å²) >= 11 is 0. The van der Waals surface area contributed by atoms with E-state index in [2.05, 4.69) is 0 Å². The van der Waals surface area contributed by atoms with Crippen molar-refractivity contribution in [1.82, 2.24) is 4.90 Å². The van der Waals surface area contributed by atoms with Gasteiger partial charge in [-0.25, -0.2) is 0 Å². The van der Waals surface area contributed by atoms with Crippen LogP contribution in [0.15, 0.2) is 30.3 Å². The maximum absolute atomic E-state index is 13.1. The zero-order valence-electron chi connectivity index (χ0n) is 13.9. The summed E-state index contributed by atoms with van der Waals surface area (Å²) in [5.74, 6) is 2.55. The zero-order valence-corrected chi connectivity index (χ0v) is 13.9. The molecule has 3 aliphatic carbocycles. The first-order valence-corrected chi connectivity index (χ1v) is 9.19. The van der Waals surface area contributed by atoms with Gasteiger partial charge in [0.15, 0.2) is 0 Å². The molecule has 0 spiro atoms. The minimum Gasteiger partial charge on any atom is -0.481 e. The van der Waals surface area contributed by atoms with Gasteiger partial charge in [-0.15, -0.1) is 0 Å². The van der Waals surface area contributed by atoms with Crippen LogP contribution in [0.1, 0.15) is 37.7 Å². The number of carboxylic acid groups (broad SMARTS) is 1. The Labute approximate surface area is 142 Å². The van der Waals surface area contributed by atoms with Crippen LogP contribution in [0.4, 0.5) is 0 Å². The van der Waals surface area contributed by atoms with Gasteiger partial charge in [0.1, 0.15) is 0 Å². The van der Waals surface area contributed by atoms with E-state index in [0.29, 0.717) is 31.3 Å². The van der Waals surface area contributed by atoms with Crippen LogP contribution in [-0.4, -0.2) is 28.4 Å². The molecule has 4 heteroatoms. The quantitative estimate of drug-likeness (QED) is 0.837. The van der Waals surface area contributed by atoms with E-state index in [1.807, 2.05) is 35.2 Å². The molecule has 4 rings (SSSR count). The van der Waals surface area contributed by atoms with Gasteiger partial charge in [-0.3, -0.25) is 9.59 Å². The number of nitrogens with zero attached hydrogens (tertiary/aromatic N) is 1. The molecule has 1 N–H and O–H groups in total. The van der Waals surface area contributed by atoms with Crippen molar-refractivity contribution in [3.05, 3.63) is 35.9 Å². The molecule has 24 heavy (non-hydrogen) atoms.